The minimum absolute atomic E-state index is 0.536. The maximum Gasteiger partial charge on any atom is 0.0686 e. The van der Waals surface area contributed by atoms with Crippen LogP contribution in [-0.2, 0) is 0 Å². The summed E-state index contributed by atoms with van der Waals surface area (Å²) < 4.78 is 0. The summed E-state index contributed by atoms with van der Waals surface area (Å²) in [6, 6.07) is 0. The van der Waals surface area contributed by atoms with Crippen LogP contribution in [0.15, 0.2) is 28.5 Å². The predicted octanol–water partition coefficient (Wildman–Crippen LogP) is 1.10. The first kappa shape index (κ1) is 7.72. The number of nitrogens with one attached hydrogen (secondary N) is 2. The van der Waals surface area contributed by atoms with Crippen molar-refractivity contribution in [3.05, 3.63) is 23.5 Å². The quantitative estimate of drug-likeness (QED) is 0.576. The molecule has 11 heavy (non-hydrogen) atoms. The van der Waals surface area contributed by atoms with Crippen LogP contribution in [0.4, 0.5) is 0 Å². The fourth-order valence-corrected chi connectivity index (χ4v) is 0.851. The van der Waals surface area contributed by atoms with Gasteiger partial charge >= 0.3 is 0 Å². The van der Waals surface area contributed by atoms with E-state index in [-0.39, 0.29) is 0 Å². The van der Waals surface area contributed by atoms with Crippen molar-refractivity contribution in [2.45, 2.75) is 6.92 Å². The maximum atomic E-state index is 7.59. The fourth-order valence-electron chi connectivity index (χ4n) is 0.851. The Morgan fingerprint density at radius 2 is 2.36 bits per heavy atom. The fraction of sp³-hybridized carbons (Fsp3) is 0.250. The Kier molecular flexibility index (Phi) is 2.21. The van der Waals surface area contributed by atoms with Gasteiger partial charge < -0.3 is 5.32 Å². The van der Waals surface area contributed by atoms with Gasteiger partial charge in [-0.3, -0.25) is 10.4 Å². The van der Waals surface area contributed by atoms with Gasteiger partial charge in [0.25, 0.3) is 0 Å². The lowest BCUT2D eigenvalue weighted by atomic mass is 10.1. The zero-order valence-corrected chi connectivity index (χ0v) is 6.68. The first-order chi connectivity index (χ1) is 5.25. The van der Waals surface area contributed by atoms with Crippen molar-refractivity contribution < 1.29 is 0 Å². The highest BCUT2D eigenvalue weighted by Gasteiger charge is 2.07. The molecule has 0 spiro atoms. The molecular weight excluding hydrogens is 138 g/mol. The van der Waals surface area contributed by atoms with Crippen molar-refractivity contribution in [2.24, 2.45) is 4.99 Å². The molecule has 1 heterocycles. The van der Waals surface area contributed by atoms with Crippen LogP contribution in [0, 0.1) is 5.41 Å². The van der Waals surface area contributed by atoms with Crippen molar-refractivity contribution in [1.82, 2.24) is 5.32 Å². The van der Waals surface area contributed by atoms with Crippen LogP contribution < -0.4 is 5.32 Å². The lowest BCUT2D eigenvalue weighted by Gasteiger charge is -2.07. The van der Waals surface area contributed by atoms with Crippen LogP contribution >= 0.6 is 0 Å². The van der Waals surface area contributed by atoms with E-state index < -0.39 is 0 Å². The standard InChI is InChI=1S/C8H11N3/c1-6-3-11-5-7(4-10-2)8(6)9/h3-5,9-10H,1-2H3/b7-4-,9-8?. The van der Waals surface area contributed by atoms with Crippen LogP contribution in [0.5, 0.6) is 0 Å². The summed E-state index contributed by atoms with van der Waals surface area (Å²) in [7, 11) is 1.81. The molecule has 0 atom stereocenters. The van der Waals surface area contributed by atoms with Gasteiger partial charge in [-0.1, -0.05) is 0 Å². The summed E-state index contributed by atoms with van der Waals surface area (Å²) in [5.41, 5.74) is 2.26. The molecule has 3 heteroatoms. The normalized spacial score (nSPS) is 20.4. The molecule has 3 nitrogen and oxygen atoms in total. The third-order valence-electron chi connectivity index (χ3n) is 1.46. The minimum Gasteiger partial charge on any atom is -0.393 e. The second-order valence-electron chi connectivity index (χ2n) is 2.35. The molecule has 0 saturated heterocycles. The summed E-state index contributed by atoms with van der Waals surface area (Å²) >= 11 is 0. The number of allylic oxidation sites excluding steroid dienone is 2. The zero-order chi connectivity index (χ0) is 8.27. The first-order valence-corrected chi connectivity index (χ1v) is 3.42. The van der Waals surface area contributed by atoms with E-state index in [1.54, 1.807) is 18.6 Å². The molecule has 0 amide bonds. The Hall–Kier alpha value is -1.38. The average Bonchev–Trinajstić information content (AvgIpc) is 1.99. The minimum atomic E-state index is 0.536. The van der Waals surface area contributed by atoms with Gasteiger partial charge in [-0.05, 0) is 12.5 Å². The Morgan fingerprint density at radius 1 is 1.64 bits per heavy atom. The lowest BCUT2D eigenvalue weighted by Crippen LogP contribution is -2.10. The van der Waals surface area contributed by atoms with Gasteiger partial charge in [-0.2, -0.15) is 0 Å². The molecule has 0 aromatic carbocycles. The molecule has 0 saturated carbocycles. The summed E-state index contributed by atoms with van der Waals surface area (Å²) in [4.78, 5) is 3.97. The molecule has 0 unspecified atom stereocenters. The Morgan fingerprint density at radius 3 is 3.00 bits per heavy atom. The predicted molar refractivity (Wildman–Crippen MR) is 47.1 cm³/mol. The average molecular weight is 149 g/mol. The second-order valence-corrected chi connectivity index (χ2v) is 2.35. The SMILES string of the molecule is CN/C=C1/C=NC=C(C)C1=N. The van der Waals surface area contributed by atoms with Crippen molar-refractivity contribution in [1.29, 1.82) is 5.41 Å². The van der Waals surface area contributed by atoms with Crippen LogP contribution in [0.25, 0.3) is 0 Å². The number of nitrogens with zero attached hydrogens (tertiary/aromatic N) is 1. The van der Waals surface area contributed by atoms with Crippen molar-refractivity contribution in [2.75, 3.05) is 7.05 Å². The molecular formula is C8H11N3. The zero-order valence-electron chi connectivity index (χ0n) is 6.68. The third-order valence-corrected chi connectivity index (χ3v) is 1.46. The molecule has 0 bridgehead atoms. The molecule has 0 aromatic rings. The van der Waals surface area contributed by atoms with E-state index in [2.05, 4.69) is 10.3 Å². The van der Waals surface area contributed by atoms with Crippen molar-refractivity contribution in [3.8, 4) is 0 Å². The highest BCUT2D eigenvalue weighted by molar-refractivity contribution is 6.23. The van der Waals surface area contributed by atoms with Crippen LogP contribution in [-0.4, -0.2) is 19.0 Å². The van der Waals surface area contributed by atoms with E-state index in [1.807, 2.05) is 14.0 Å². The van der Waals surface area contributed by atoms with E-state index in [9.17, 15) is 0 Å². The number of rotatable bonds is 1. The molecule has 0 fully saturated rings. The first-order valence-electron chi connectivity index (χ1n) is 3.42. The summed E-state index contributed by atoms with van der Waals surface area (Å²) in [5.74, 6) is 0. The largest absolute Gasteiger partial charge is 0.393 e. The summed E-state index contributed by atoms with van der Waals surface area (Å²) in [6.45, 7) is 1.88. The molecule has 0 aliphatic carbocycles. The van der Waals surface area contributed by atoms with E-state index in [4.69, 9.17) is 5.41 Å². The van der Waals surface area contributed by atoms with Gasteiger partial charge in [0.05, 0.1) is 5.71 Å². The highest BCUT2D eigenvalue weighted by atomic mass is 14.8. The monoisotopic (exact) mass is 149 g/mol. The number of aliphatic imine (C=N–C) groups is 1. The smallest absolute Gasteiger partial charge is 0.0686 e. The van der Waals surface area contributed by atoms with E-state index >= 15 is 0 Å². The van der Waals surface area contributed by atoms with Gasteiger partial charge in [0.15, 0.2) is 0 Å². The van der Waals surface area contributed by atoms with E-state index in [0.29, 0.717) is 5.71 Å². The Balaban J connectivity index is 2.90. The second kappa shape index (κ2) is 3.14. The van der Waals surface area contributed by atoms with Gasteiger partial charge in [-0.15, -0.1) is 0 Å². The van der Waals surface area contributed by atoms with Gasteiger partial charge in [0.1, 0.15) is 0 Å². The van der Waals surface area contributed by atoms with E-state index in [1.165, 1.54) is 0 Å². The maximum absolute atomic E-state index is 7.59. The van der Waals surface area contributed by atoms with Gasteiger partial charge in [0.2, 0.25) is 0 Å². The molecule has 58 valence electrons. The van der Waals surface area contributed by atoms with Gasteiger partial charge in [-0.25, -0.2) is 0 Å². The van der Waals surface area contributed by atoms with Crippen molar-refractivity contribution >= 4 is 11.9 Å². The Labute approximate surface area is 66.0 Å². The summed E-state index contributed by atoms with van der Waals surface area (Å²) in [5, 5.41) is 10.5. The molecule has 1 aliphatic rings. The summed E-state index contributed by atoms with van der Waals surface area (Å²) in [6.07, 6.45) is 5.13. The van der Waals surface area contributed by atoms with Crippen molar-refractivity contribution in [3.63, 3.8) is 0 Å². The number of hydrogen-bond donors (Lipinski definition) is 2. The Bertz CT molecular complexity index is 259. The van der Waals surface area contributed by atoms with Crippen LogP contribution in [0.1, 0.15) is 6.92 Å². The van der Waals surface area contributed by atoms with Crippen LogP contribution in [0.3, 0.4) is 0 Å². The van der Waals surface area contributed by atoms with E-state index in [0.717, 1.165) is 11.1 Å². The molecule has 1 rings (SSSR count). The van der Waals surface area contributed by atoms with Crippen LogP contribution in [0.2, 0.25) is 0 Å². The molecule has 0 aromatic heterocycles. The highest BCUT2D eigenvalue weighted by Crippen LogP contribution is 2.08. The topological polar surface area (TPSA) is 48.2 Å². The van der Waals surface area contributed by atoms with Gasteiger partial charge in [0, 0.05) is 31.2 Å². The molecule has 2 N–H and O–H groups in total. The molecule has 1 aliphatic heterocycles. The molecule has 0 radical (unpaired) electrons. The lowest BCUT2D eigenvalue weighted by molar-refractivity contribution is 1.10. The third kappa shape index (κ3) is 1.55. The number of hydrogen-bond acceptors (Lipinski definition) is 3.